The lowest BCUT2D eigenvalue weighted by Gasteiger charge is -2.22. The standard InChI is InChI=1S/C16H16N2O5/c1-16(2)11-12(16)14(21)18(13(11)20)23-15(22)17-6-8-3-4-10(19)5-9(8)7-17/h3-5,11-12,19H,6-7H2,1-2H3. The maximum Gasteiger partial charge on any atom is 0.435 e. The predicted octanol–water partition coefficient (Wildman–Crippen LogP) is 1.40. The molecule has 0 aromatic heterocycles. The Morgan fingerprint density at radius 3 is 2.43 bits per heavy atom. The van der Waals surface area contributed by atoms with Gasteiger partial charge < -0.3 is 9.94 Å². The van der Waals surface area contributed by atoms with Crippen molar-refractivity contribution in [2.75, 3.05) is 0 Å². The first-order valence-corrected chi connectivity index (χ1v) is 7.46. The van der Waals surface area contributed by atoms with E-state index in [1.807, 2.05) is 13.8 Å². The number of carbonyl (C=O) groups is 3. The van der Waals surface area contributed by atoms with Gasteiger partial charge >= 0.3 is 6.09 Å². The molecule has 1 aromatic carbocycles. The number of imide groups is 1. The summed E-state index contributed by atoms with van der Waals surface area (Å²) in [6.45, 7) is 4.32. The zero-order valence-electron chi connectivity index (χ0n) is 12.8. The van der Waals surface area contributed by atoms with E-state index in [0.29, 0.717) is 11.6 Å². The van der Waals surface area contributed by atoms with E-state index in [9.17, 15) is 19.5 Å². The molecule has 1 aromatic rings. The van der Waals surface area contributed by atoms with Gasteiger partial charge in [-0.25, -0.2) is 4.79 Å². The van der Waals surface area contributed by atoms with Gasteiger partial charge in [0.15, 0.2) is 0 Å². The summed E-state index contributed by atoms with van der Waals surface area (Å²) in [4.78, 5) is 43.0. The van der Waals surface area contributed by atoms with E-state index in [1.54, 1.807) is 18.2 Å². The van der Waals surface area contributed by atoms with Crippen molar-refractivity contribution >= 4 is 17.9 Å². The molecule has 1 N–H and O–H groups in total. The van der Waals surface area contributed by atoms with Crippen LogP contribution in [0.15, 0.2) is 18.2 Å². The Morgan fingerprint density at radius 1 is 1.17 bits per heavy atom. The lowest BCUT2D eigenvalue weighted by atomic mass is 10.1. The predicted molar refractivity (Wildman–Crippen MR) is 76.4 cm³/mol. The van der Waals surface area contributed by atoms with Crippen molar-refractivity contribution in [3.8, 4) is 5.75 Å². The van der Waals surface area contributed by atoms with Crippen LogP contribution in [0.1, 0.15) is 25.0 Å². The number of fused-ring (bicyclic) bond motifs is 2. The Hall–Kier alpha value is -2.57. The lowest BCUT2D eigenvalue weighted by molar-refractivity contribution is -0.179. The van der Waals surface area contributed by atoms with Crippen LogP contribution in [0.2, 0.25) is 0 Å². The van der Waals surface area contributed by atoms with E-state index in [1.165, 1.54) is 4.90 Å². The lowest BCUT2D eigenvalue weighted by Crippen LogP contribution is -2.41. The van der Waals surface area contributed by atoms with Crippen molar-refractivity contribution in [3.05, 3.63) is 29.3 Å². The van der Waals surface area contributed by atoms with Crippen molar-refractivity contribution in [1.29, 1.82) is 0 Å². The van der Waals surface area contributed by atoms with Crippen LogP contribution in [0.4, 0.5) is 4.79 Å². The first-order valence-electron chi connectivity index (χ1n) is 7.46. The fourth-order valence-corrected chi connectivity index (χ4v) is 3.66. The van der Waals surface area contributed by atoms with Crippen LogP contribution in [0.5, 0.6) is 5.75 Å². The van der Waals surface area contributed by atoms with Crippen molar-refractivity contribution in [1.82, 2.24) is 9.96 Å². The van der Waals surface area contributed by atoms with Crippen molar-refractivity contribution < 1.29 is 24.3 Å². The number of nitrogens with zero attached hydrogens (tertiary/aromatic N) is 2. The van der Waals surface area contributed by atoms with Crippen LogP contribution in [0.25, 0.3) is 0 Å². The molecule has 7 heteroatoms. The zero-order valence-corrected chi connectivity index (χ0v) is 12.8. The molecule has 0 spiro atoms. The fourth-order valence-electron chi connectivity index (χ4n) is 3.66. The molecule has 23 heavy (non-hydrogen) atoms. The SMILES string of the molecule is CC1(C)C2C(=O)N(OC(=O)N3Cc4ccc(O)cc4C3)C(=O)C21. The molecule has 3 aliphatic rings. The Kier molecular flexibility index (Phi) is 2.59. The minimum atomic E-state index is -0.735. The van der Waals surface area contributed by atoms with E-state index in [4.69, 9.17) is 4.84 Å². The molecule has 3 amide bonds. The van der Waals surface area contributed by atoms with E-state index in [2.05, 4.69) is 0 Å². The monoisotopic (exact) mass is 316 g/mol. The summed E-state index contributed by atoms with van der Waals surface area (Å²) >= 11 is 0. The largest absolute Gasteiger partial charge is 0.508 e. The van der Waals surface area contributed by atoms with E-state index in [0.717, 1.165) is 11.1 Å². The Labute approximate surface area is 132 Å². The zero-order chi connectivity index (χ0) is 16.5. The molecular formula is C16H16N2O5. The molecule has 1 saturated carbocycles. The molecule has 7 nitrogen and oxygen atoms in total. The number of phenols is 1. The van der Waals surface area contributed by atoms with Gasteiger partial charge in [0.25, 0.3) is 11.8 Å². The second-order valence-electron chi connectivity index (χ2n) is 6.91. The third-order valence-corrected chi connectivity index (χ3v) is 5.10. The molecule has 2 atom stereocenters. The Morgan fingerprint density at radius 2 is 1.78 bits per heavy atom. The van der Waals surface area contributed by atoms with Crippen LogP contribution < -0.4 is 0 Å². The number of hydrogen-bond acceptors (Lipinski definition) is 5. The highest BCUT2D eigenvalue weighted by atomic mass is 16.7. The molecule has 2 aliphatic heterocycles. The smallest absolute Gasteiger partial charge is 0.435 e. The number of carbonyl (C=O) groups excluding carboxylic acids is 3. The van der Waals surface area contributed by atoms with Gasteiger partial charge in [-0.3, -0.25) is 14.5 Å². The number of rotatable bonds is 1. The summed E-state index contributed by atoms with van der Waals surface area (Å²) in [5.74, 6) is -1.50. The van der Waals surface area contributed by atoms with Gasteiger partial charge in [-0.15, -0.1) is 5.06 Å². The van der Waals surface area contributed by atoms with Gasteiger partial charge in [-0.05, 0) is 28.7 Å². The van der Waals surface area contributed by atoms with Crippen LogP contribution >= 0.6 is 0 Å². The normalized spacial score (nSPS) is 27.0. The van der Waals surface area contributed by atoms with Gasteiger partial charge in [-0.2, -0.15) is 0 Å². The second-order valence-corrected chi connectivity index (χ2v) is 6.91. The fraction of sp³-hybridized carbons (Fsp3) is 0.438. The topological polar surface area (TPSA) is 87.2 Å². The minimum absolute atomic E-state index is 0.131. The van der Waals surface area contributed by atoms with E-state index >= 15 is 0 Å². The first kappa shape index (κ1) is 14.0. The van der Waals surface area contributed by atoms with Gasteiger partial charge in [0, 0.05) is 13.1 Å². The van der Waals surface area contributed by atoms with Gasteiger partial charge in [0.2, 0.25) is 0 Å². The highest BCUT2D eigenvalue weighted by molar-refractivity contribution is 6.09. The summed E-state index contributed by atoms with van der Waals surface area (Å²) in [6.07, 6.45) is -0.735. The summed E-state index contributed by atoms with van der Waals surface area (Å²) in [5.41, 5.74) is 1.39. The maximum absolute atomic E-state index is 12.2. The number of hydrogen-bond donors (Lipinski definition) is 1. The van der Waals surface area contributed by atoms with Crippen molar-refractivity contribution in [3.63, 3.8) is 0 Å². The number of benzene rings is 1. The summed E-state index contributed by atoms with van der Waals surface area (Å²) in [7, 11) is 0. The van der Waals surface area contributed by atoms with Gasteiger partial charge in [-0.1, -0.05) is 19.9 Å². The Balaban J connectivity index is 1.45. The van der Waals surface area contributed by atoms with Gasteiger partial charge in [0.1, 0.15) is 5.75 Å². The van der Waals surface area contributed by atoms with Crippen molar-refractivity contribution in [2.24, 2.45) is 17.3 Å². The minimum Gasteiger partial charge on any atom is -0.508 e. The molecule has 1 saturated heterocycles. The highest BCUT2D eigenvalue weighted by Crippen LogP contribution is 2.63. The first-order chi connectivity index (χ1) is 10.8. The second kappa shape index (κ2) is 4.24. The Bertz CT molecular complexity index is 733. The van der Waals surface area contributed by atoms with Crippen LogP contribution in [-0.2, 0) is 27.5 Å². The quantitative estimate of drug-likeness (QED) is 0.791. The average Bonchev–Trinajstić information content (AvgIpc) is 2.79. The van der Waals surface area contributed by atoms with E-state index < -0.39 is 17.9 Å². The molecular weight excluding hydrogens is 300 g/mol. The number of amides is 3. The molecule has 2 heterocycles. The third-order valence-electron chi connectivity index (χ3n) is 5.10. The third kappa shape index (κ3) is 1.85. The van der Waals surface area contributed by atoms with Crippen LogP contribution in [-0.4, -0.2) is 33.0 Å². The number of phenolic OH excluding ortho intramolecular Hbond substituents is 1. The van der Waals surface area contributed by atoms with Gasteiger partial charge in [0.05, 0.1) is 11.8 Å². The molecule has 1 aliphatic carbocycles. The van der Waals surface area contributed by atoms with Crippen LogP contribution in [0.3, 0.4) is 0 Å². The molecule has 0 bridgehead atoms. The summed E-state index contributed by atoms with van der Waals surface area (Å²) in [6, 6.07) is 4.88. The molecule has 4 rings (SSSR count). The van der Waals surface area contributed by atoms with Crippen LogP contribution in [0, 0.1) is 17.3 Å². The number of hydroxylamine groups is 2. The summed E-state index contributed by atoms with van der Waals surface area (Å²) in [5, 5.41) is 10.1. The maximum atomic E-state index is 12.2. The number of aromatic hydroxyl groups is 1. The molecule has 2 unspecified atom stereocenters. The summed E-state index contributed by atoms with van der Waals surface area (Å²) < 4.78 is 0. The number of piperidine rings is 1. The average molecular weight is 316 g/mol. The van der Waals surface area contributed by atoms with E-state index in [-0.39, 0.29) is 29.5 Å². The molecule has 0 radical (unpaired) electrons. The molecule has 120 valence electrons. The molecule has 2 fully saturated rings. The van der Waals surface area contributed by atoms with Crippen molar-refractivity contribution in [2.45, 2.75) is 26.9 Å². The highest BCUT2D eigenvalue weighted by Gasteiger charge is 2.74.